The van der Waals surface area contributed by atoms with Gasteiger partial charge in [0.25, 0.3) is 5.91 Å². The van der Waals surface area contributed by atoms with Crippen LogP contribution < -0.4 is 20.7 Å². The summed E-state index contributed by atoms with van der Waals surface area (Å²) in [5.41, 5.74) is 4.09. The highest BCUT2D eigenvalue weighted by Crippen LogP contribution is 2.25. The van der Waals surface area contributed by atoms with Crippen LogP contribution in [0.15, 0.2) is 66.7 Å². The monoisotopic (exact) mass is 456 g/mol. The summed E-state index contributed by atoms with van der Waals surface area (Å²) in [5.74, 6) is 1.78. The van der Waals surface area contributed by atoms with Gasteiger partial charge in [-0.15, -0.1) is 5.10 Å². The lowest BCUT2D eigenvalue weighted by molar-refractivity contribution is 0.0944. The number of carbonyl (C=O) groups is 1. The Morgan fingerprint density at radius 2 is 1.88 bits per heavy atom. The van der Waals surface area contributed by atoms with E-state index >= 15 is 0 Å². The average molecular weight is 457 g/mol. The number of amides is 1. The molecule has 2 aromatic carbocycles. The number of aromatic nitrogens is 3. The van der Waals surface area contributed by atoms with Crippen molar-refractivity contribution >= 4 is 23.2 Å². The number of benzene rings is 2. The van der Waals surface area contributed by atoms with Crippen LogP contribution in [0.4, 0.5) is 11.6 Å². The molecule has 34 heavy (non-hydrogen) atoms. The molecule has 5 rings (SSSR count). The van der Waals surface area contributed by atoms with Crippen LogP contribution in [-0.2, 0) is 0 Å². The summed E-state index contributed by atoms with van der Waals surface area (Å²) in [5, 5.41) is 14.3. The molecule has 8 heteroatoms. The molecule has 3 heterocycles. The van der Waals surface area contributed by atoms with Crippen molar-refractivity contribution in [1.29, 1.82) is 0 Å². The summed E-state index contributed by atoms with van der Waals surface area (Å²) in [6.45, 7) is 2.78. The van der Waals surface area contributed by atoms with E-state index in [9.17, 15) is 4.79 Å². The molecule has 0 saturated carbocycles. The van der Waals surface area contributed by atoms with E-state index in [1.54, 1.807) is 11.6 Å². The van der Waals surface area contributed by atoms with Crippen LogP contribution >= 0.6 is 0 Å². The van der Waals surface area contributed by atoms with Crippen molar-refractivity contribution in [2.24, 2.45) is 5.92 Å². The Kier molecular flexibility index (Phi) is 6.40. The third-order valence-corrected chi connectivity index (χ3v) is 6.14. The number of ether oxygens (including phenoxy) is 1. The molecule has 0 atom stereocenters. The van der Waals surface area contributed by atoms with Gasteiger partial charge in [-0.3, -0.25) is 4.79 Å². The summed E-state index contributed by atoms with van der Waals surface area (Å²) in [6.07, 6.45) is 2.21. The van der Waals surface area contributed by atoms with E-state index in [4.69, 9.17) is 4.74 Å². The number of hydrogen-bond acceptors (Lipinski definition) is 6. The SMILES string of the molecule is COc1cccc(-c2cccc3nc(Nc4ccc(C(=O)NCC5CCNCC5)cc4)nn23)c1. The first-order chi connectivity index (χ1) is 16.7. The smallest absolute Gasteiger partial charge is 0.251 e. The lowest BCUT2D eigenvalue weighted by atomic mass is 9.98. The fourth-order valence-electron chi connectivity index (χ4n) is 4.22. The number of fused-ring (bicyclic) bond motifs is 1. The van der Waals surface area contributed by atoms with Gasteiger partial charge in [-0.05, 0) is 80.4 Å². The fraction of sp³-hybridized carbons (Fsp3) is 0.269. The van der Waals surface area contributed by atoms with Crippen LogP contribution in [0, 0.1) is 5.92 Å². The third kappa shape index (κ3) is 4.87. The number of anilines is 2. The molecule has 2 aromatic heterocycles. The van der Waals surface area contributed by atoms with Crippen molar-refractivity contribution in [3.63, 3.8) is 0 Å². The van der Waals surface area contributed by atoms with Crippen LogP contribution in [0.2, 0.25) is 0 Å². The van der Waals surface area contributed by atoms with Gasteiger partial charge in [0.1, 0.15) is 5.75 Å². The molecule has 0 spiro atoms. The van der Waals surface area contributed by atoms with Gasteiger partial charge in [0.2, 0.25) is 5.95 Å². The van der Waals surface area contributed by atoms with Gasteiger partial charge in [-0.25, -0.2) is 4.52 Å². The number of nitrogens with one attached hydrogen (secondary N) is 3. The van der Waals surface area contributed by atoms with E-state index in [0.29, 0.717) is 17.4 Å². The zero-order valence-corrected chi connectivity index (χ0v) is 19.1. The Morgan fingerprint density at radius 1 is 1.09 bits per heavy atom. The zero-order chi connectivity index (χ0) is 23.3. The molecule has 0 unspecified atom stereocenters. The molecule has 0 radical (unpaired) electrons. The summed E-state index contributed by atoms with van der Waals surface area (Å²) >= 11 is 0. The molecule has 3 N–H and O–H groups in total. The van der Waals surface area contributed by atoms with E-state index in [1.807, 2.05) is 66.7 Å². The molecule has 1 amide bonds. The van der Waals surface area contributed by atoms with E-state index in [-0.39, 0.29) is 5.91 Å². The standard InChI is InChI=1S/C26H28N6O2/c1-34-22-5-2-4-20(16-22)23-6-3-7-24-30-26(31-32(23)24)29-21-10-8-19(9-11-21)25(33)28-17-18-12-14-27-15-13-18/h2-11,16,18,27H,12-15,17H2,1H3,(H,28,33)(H,29,31). The molecule has 4 aromatic rings. The van der Waals surface area contributed by atoms with E-state index in [2.05, 4.69) is 26.0 Å². The summed E-state index contributed by atoms with van der Waals surface area (Å²) in [4.78, 5) is 17.1. The van der Waals surface area contributed by atoms with Crippen LogP contribution in [0.25, 0.3) is 16.9 Å². The maximum atomic E-state index is 12.5. The quantitative estimate of drug-likeness (QED) is 0.391. The second-order valence-electron chi connectivity index (χ2n) is 8.45. The van der Waals surface area contributed by atoms with Gasteiger partial charge in [0, 0.05) is 23.4 Å². The summed E-state index contributed by atoms with van der Waals surface area (Å²) in [7, 11) is 1.65. The Balaban J connectivity index is 1.28. The maximum absolute atomic E-state index is 12.5. The van der Waals surface area contributed by atoms with E-state index in [1.165, 1.54) is 0 Å². The topological polar surface area (TPSA) is 92.6 Å². The van der Waals surface area contributed by atoms with Gasteiger partial charge in [-0.1, -0.05) is 18.2 Å². The fourth-order valence-corrected chi connectivity index (χ4v) is 4.22. The molecule has 1 fully saturated rings. The Hall–Kier alpha value is -3.91. The number of nitrogens with zero attached hydrogens (tertiary/aromatic N) is 3. The second kappa shape index (κ2) is 9.93. The first-order valence-corrected chi connectivity index (χ1v) is 11.6. The molecule has 1 aliphatic rings. The minimum atomic E-state index is -0.0427. The Bertz CT molecular complexity index is 1280. The van der Waals surface area contributed by atoms with Gasteiger partial charge in [-0.2, -0.15) is 4.98 Å². The predicted octanol–water partition coefficient (Wildman–Crippen LogP) is 3.88. The maximum Gasteiger partial charge on any atom is 0.251 e. The molecular weight excluding hydrogens is 428 g/mol. The van der Waals surface area contributed by atoms with Crippen molar-refractivity contribution < 1.29 is 9.53 Å². The summed E-state index contributed by atoms with van der Waals surface area (Å²) < 4.78 is 7.16. The Labute approximate surface area is 198 Å². The highest BCUT2D eigenvalue weighted by Gasteiger charge is 2.15. The molecule has 1 saturated heterocycles. The molecule has 174 valence electrons. The van der Waals surface area contributed by atoms with Gasteiger partial charge in [0.15, 0.2) is 5.65 Å². The van der Waals surface area contributed by atoms with Crippen LogP contribution in [0.1, 0.15) is 23.2 Å². The summed E-state index contributed by atoms with van der Waals surface area (Å²) in [6, 6.07) is 21.1. The largest absolute Gasteiger partial charge is 0.497 e. The number of hydrogen-bond donors (Lipinski definition) is 3. The number of pyridine rings is 1. The second-order valence-corrected chi connectivity index (χ2v) is 8.45. The normalized spacial score (nSPS) is 14.1. The number of methoxy groups -OCH3 is 1. The van der Waals surface area contributed by atoms with Crippen LogP contribution in [0.3, 0.4) is 0 Å². The first kappa shape index (κ1) is 21.9. The van der Waals surface area contributed by atoms with E-state index < -0.39 is 0 Å². The lowest BCUT2D eigenvalue weighted by Gasteiger charge is -2.22. The van der Waals surface area contributed by atoms with Crippen molar-refractivity contribution in [1.82, 2.24) is 25.2 Å². The molecule has 8 nitrogen and oxygen atoms in total. The van der Waals surface area contributed by atoms with Gasteiger partial charge < -0.3 is 20.7 Å². The Morgan fingerprint density at radius 3 is 2.68 bits per heavy atom. The highest BCUT2D eigenvalue weighted by atomic mass is 16.5. The lowest BCUT2D eigenvalue weighted by Crippen LogP contribution is -2.35. The number of piperidine rings is 1. The van der Waals surface area contributed by atoms with Crippen molar-refractivity contribution in [2.45, 2.75) is 12.8 Å². The predicted molar refractivity (Wildman–Crippen MR) is 133 cm³/mol. The number of carbonyl (C=O) groups excluding carboxylic acids is 1. The minimum Gasteiger partial charge on any atom is -0.497 e. The van der Waals surface area contributed by atoms with Gasteiger partial charge in [0.05, 0.1) is 12.8 Å². The third-order valence-electron chi connectivity index (χ3n) is 6.14. The first-order valence-electron chi connectivity index (χ1n) is 11.6. The van der Waals surface area contributed by atoms with Crippen LogP contribution in [0.5, 0.6) is 5.75 Å². The number of rotatable bonds is 7. The van der Waals surface area contributed by atoms with Crippen molar-refractivity contribution in [2.75, 3.05) is 32.1 Å². The van der Waals surface area contributed by atoms with Crippen LogP contribution in [-0.4, -0.2) is 47.2 Å². The molecule has 0 aliphatic carbocycles. The zero-order valence-electron chi connectivity index (χ0n) is 19.1. The highest BCUT2D eigenvalue weighted by molar-refractivity contribution is 5.94. The average Bonchev–Trinajstić information content (AvgIpc) is 3.31. The van der Waals surface area contributed by atoms with Crippen molar-refractivity contribution in [3.8, 4) is 17.0 Å². The van der Waals surface area contributed by atoms with Gasteiger partial charge >= 0.3 is 0 Å². The van der Waals surface area contributed by atoms with E-state index in [0.717, 1.165) is 60.8 Å². The van der Waals surface area contributed by atoms with Crippen molar-refractivity contribution in [3.05, 3.63) is 72.3 Å². The molecule has 1 aliphatic heterocycles. The molecule has 0 bridgehead atoms. The minimum absolute atomic E-state index is 0.0427. The molecular formula is C26H28N6O2.